The molecule has 1 N–H and O–H groups in total. The van der Waals surface area contributed by atoms with Gasteiger partial charge in [-0.05, 0) is 33.3 Å². The van der Waals surface area contributed by atoms with Crippen molar-refractivity contribution in [3.05, 3.63) is 16.8 Å². The minimum Gasteiger partial charge on any atom is -0.394 e. The van der Waals surface area contributed by atoms with E-state index in [1.54, 1.807) is 11.9 Å². The van der Waals surface area contributed by atoms with Crippen LogP contribution in [0.15, 0.2) is 0 Å². The highest BCUT2D eigenvalue weighted by Gasteiger charge is 2.27. The highest BCUT2D eigenvalue weighted by Crippen LogP contribution is 2.25. The van der Waals surface area contributed by atoms with Crippen LogP contribution in [-0.4, -0.2) is 34.5 Å². The van der Waals surface area contributed by atoms with Crippen LogP contribution in [0.25, 0.3) is 0 Å². The molecule has 0 radical (unpaired) electrons. The Hall–Kier alpha value is -1.67. The quantitative estimate of drug-likeness (QED) is 0.850. The second-order valence-electron chi connectivity index (χ2n) is 4.75. The fourth-order valence-corrected chi connectivity index (χ4v) is 1.36. The largest absolute Gasteiger partial charge is 0.394 e. The van der Waals surface area contributed by atoms with Gasteiger partial charge < -0.3 is 10.0 Å². The maximum absolute atomic E-state index is 9.34. The van der Waals surface area contributed by atoms with Gasteiger partial charge in [-0.3, -0.25) is 0 Å². The Morgan fingerprint density at radius 1 is 1.35 bits per heavy atom. The zero-order chi connectivity index (χ0) is 13.2. The molecule has 0 saturated carbocycles. The highest BCUT2D eigenvalue weighted by atomic mass is 16.3. The fourth-order valence-electron chi connectivity index (χ4n) is 1.36. The van der Waals surface area contributed by atoms with Crippen molar-refractivity contribution in [3.63, 3.8) is 0 Å². The topological polar surface area (TPSA) is 73.0 Å². The summed E-state index contributed by atoms with van der Waals surface area (Å²) in [7, 11) is 1.80. The molecular weight excluding hydrogens is 216 g/mol. The van der Waals surface area contributed by atoms with Crippen molar-refractivity contribution in [1.29, 1.82) is 5.26 Å². The molecule has 1 aromatic heterocycles. The molecule has 1 heterocycles. The molecule has 0 bridgehead atoms. The van der Waals surface area contributed by atoms with Crippen LogP contribution >= 0.6 is 0 Å². The standard InChI is InChI=1S/C12H18N4O/c1-8-9(2)14-15-11(10(8)6-13)16(5)12(3,4)7-17/h17H,7H2,1-5H3. The zero-order valence-electron chi connectivity index (χ0n) is 10.9. The number of aromatic nitrogens is 2. The van der Waals surface area contributed by atoms with Gasteiger partial charge in [0, 0.05) is 7.05 Å². The van der Waals surface area contributed by atoms with Crippen LogP contribution in [0.3, 0.4) is 0 Å². The van der Waals surface area contributed by atoms with E-state index in [1.807, 2.05) is 27.7 Å². The first kappa shape index (κ1) is 13.4. The monoisotopic (exact) mass is 234 g/mol. The van der Waals surface area contributed by atoms with E-state index in [2.05, 4.69) is 16.3 Å². The summed E-state index contributed by atoms with van der Waals surface area (Å²) in [4.78, 5) is 1.78. The lowest BCUT2D eigenvalue weighted by molar-refractivity contribution is 0.215. The summed E-state index contributed by atoms with van der Waals surface area (Å²) in [5.41, 5.74) is 1.61. The maximum atomic E-state index is 9.34. The first-order valence-corrected chi connectivity index (χ1v) is 5.44. The number of aryl methyl sites for hydroxylation is 1. The number of anilines is 1. The first-order chi connectivity index (χ1) is 7.85. The minimum absolute atomic E-state index is 0.0248. The average Bonchev–Trinajstić information content (AvgIpc) is 2.31. The summed E-state index contributed by atoms with van der Waals surface area (Å²) >= 11 is 0. The second kappa shape index (κ2) is 4.68. The van der Waals surface area contributed by atoms with Crippen molar-refractivity contribution in [3.8, 4) is 6.07 Å². The van der Waals surface area contributed by atoms with Crippen molar-refractivity contribution >= 4 is 5.82 Å². The molecule has 5 nitrogen and oxygen atoms in total. The lowest BCUT2D eigenvalue weighted by atomic mass is 10.0. The van der Waals surface area contributed by atoms with Crippen LogP contribution in [0.4, 0.5) is 5.82 Å². The van der Waals surface area contributed by atoms with Gasteiger partial charge in [-0.25, -0.2) is 0 Å². The molecule has 0 aliphatic carbocycles. The van der Waals surface area contributed by atoms with Gasteiger partial charge in [0.25, 0.3) is 0 Å². The predicted octanol–water partition coefficient (Wildman–Crippen LogP) is 1.17. The highest BCUT2D eigenvalue weighted by molar-refractivity contribution is 5.58. The van der Waals surface area contributed by atoms with Crippen molar-refractivity contribution < 1.29 is 5.11 Å². The van der Waals surface area contributed by atoms with Crippen LogP contribution in [0.1, 0.15) is 30.7 Å². The van der Waals surface area contributed by atoms with E-state index in [4.69, 9.17) is 0 Å². The molecule has 0 atom stereocenters. The summed E-state index contributed by atoms with van der Waals surface area (Å²) in [6, 6.07) is 2.16. The predicted molar refractivity (Wildman–Crippen MR) is 65.8 cm³/mol. The first-order valence-electron chi connectivity index (χ1n) is 5.44. The van der Waals surface area contributed by atoms with Gasteiger partial charge in [0.05, 0.1) is 17.8 Å². The Morgan fingerprint density at radius 2 is 1.94 bits per heavy atom. The molecule has 0 fully saturated rings. The number of aliphatic hydroxyl groups is 1. The van der Waals surface area contributed by atoms with Crippen LogP contribution < -0.4 is 4.90 Å². The van der Waals surface area contributed by atoms with Crippen LogP contribution in [0.5, 0.6) is 0 Å². The van der Waals surface area contributed by atoms with Crippen molar-refractivity contribution in [2.75, 3.05) is 18.6 Å². The lowest BCUT2D eigenvalue weighted by Gasteiger charge is -2.35. The molecule has 0 unspecified atom stereocenters. The molecule has 17 heavy (non-hydrogen) atoms. The van der Waals surface area contributed by atoms with E-state index < -0.39 is 5.54 Å². The summed E-state index contributed by atoms with van der Waals surface area (Å²) in [5.74, 6) is 0.509. The van der Waals surface area contributed by atoms with E-state index in [0.29, 0.717) is 11.4 Å². The van der Waals surface area contributed by atoms with Crippen molar-refractivity contribution in [2.45, 2.75) is 33.2 Å². The smallest absolute Gasteiger partial charge is 0.169 e. The molecule has 0 amide bonds. The third-order valence-electron chi connectivity index (χ3n) is 3.16. The summed E-state index contributed by atoms with van der Waals surface area (Å²) in [6.07, 6.45) is 0. The Bertz CT molecular complexity index is 462. The van der Waals surface area contributed by atoms with E-state index in [1.165, 1.54) is 0 Å². The Kier molecular flexibility index (Phi) is 3.69. The molecule has 92 valence electrons. The molecule has 0 spiro atoms. The number of aliphatic hydroxyl groups excluding tert-OH is 1. The summed E-state index contributed by atoms with van der Waals surface area (Å²) in [5, 5.41) is 26.6. The second-order valence-corrected chi connectivity index (χ2v) is 4.75. The molecule has 0 saturated heterocycles. The van der Waals surface area contributed by atoms with Gasteiger partial charge in [0.15, 0.2) is 5.82 Å². The molecule has 0 aromatic carbocycles. The Labute approximate surface area is 102 Å². The minimum atomic E-state index is -0.484. The molecule has 5 heteroatoms. The van der Waals surface area contributed by atoms with Gasteiger partial charge in [-0.15, -0.1) is 5.10 Å². The Morgan fingerprint density at radius 3 is 2.41 bits per heavy atom. The van der Waals surface area contributed by atoms with Gasteiger partial charge >= 0.3 is 0 Å². The number of rotatable bonds is 3. The number of nitrogens with zero attached hydrogens (tertiary/aromatic N) is 4. The van der Waals surface area contributed by atoms with E-state index >= 15 is 0 Å². The van der Waals surface area contributed by atoms with Crippen LogP contribution in [0.2, 0.25) is 0 Å². The molecular formula is C12H18N4O. The molecule has 1 rings (SSSR count). The molecule has 0 aliphatic heterocycles. The zero-order valence-corrected chi connectivity index (χ0v) is 10.9. The average molecular weight is 234 g/mol. The van der Waals surface area contributed by atoms with E-state index in [0.717, 1.165) is 11.3 Å². The van der Waals surface area contributed by atoms with Gasteiger partial charge in [0.1, 0.15) is 11.6 Å². The number of nitriles is 1. The molecule has 1 aromatic rings. The number of likely N-dealkylation sites (N-methyl/N-ethyl adjacent to an activating group) is 1. The SMILES string of the molecule is Cc1nnc(N(C)C(C)(C)CO)c(C#N)c1C. The van der Waals surface area contributed by atoms with E-state index in [-0.39, 0.29) is 6.61 Å². The van der Waals surface area contributed by atoms with Gasteiger partial charge in [-0.1, -0.05) is 0 Å². The third-order valence-corrected chi connectivity index (χ3v) is 3.16. The maximum Gasteiger partial charge on any atom is 0.169 e. The number of hydrogen-bond donors (Lipinski definition) is 1. The van der Waals surface area contributed by atoms with Crippen LogP contribution in [0, 0.1) is 25.2 Å². The fraction of sp³-hybridized carbons (Fsp3) is 0.583. The lowest BCUT2D eigenvalue weighted by Crippen LogP contribution is -2.45. The van der Waals surface area contributed by atoms with Gasteiger partial charge in [0.2, 0.25) is 0 Å². The van der Waals surface area contributed by atoms with Crippen molar-refractivity contribution in [2.24, 2.45) is 0 Å². The van der Waals surface area contributed by atoms with Gasteiger partial charge in [-0.2, -0.15) is 10.4 Å². The van der Waals surface area contributed by atoms with E-state index in [9.17, 15) is 10.4 Å². The summed E-state index contributed by atoms with van der Waals surface area (Å²) < 4.78 is 0. The molecule has 0 aliphatic rings. The Balaban J connectivity index is 3.34. The third kappa shape index (κ3) is 2.37. The summed E-state index contributed by atoms with van der Waals surface area (Å²) in [6.45, 7) is 7.41. The van der Waals surface area contributed by atoms with Crippen LogP contribution in [-0.2, 0) is 0 Å². The van der Waals surface area contributed by atoms with Crippen molar-refractivity contribution in [1.82, 2.24) is 10.2 Å². The number of hydrogen-bond acceptors (Lipinski definition) is 5. The normalized spacial score (nSPS) is 11.1.